The predicted molar refractivity (Wildman–Crippen MR) is 119 cm³/mol. The molecule has 4 rings (SSSR count). The third kappa shape index (κ3) is 5.39. The molecule has 0 saturated carbocycles. The van der Waals surface area contributed by atoms with Gasteiger partial charge in [0.25, 0.3) is 0 Å². The van der Waals surface area contributed by atoms with Crippen LogP contribution in [0.1, 0.15) is 18.4 Å². The number of alkyl halides is 3. The van der Waals surface area contributed by atoms with Crippen LogP contribution < -0.4 is 4.90 Å². The maximum atomic E-state index is 13.3. The molecule has 9 heteroatoms. The quantitative estimate of drug-likeness (QED) is 0.635. The molecule has 2 heterocycles. The van der Waals surface area contributed by atoms with Crippen molar-refractivity contribution in [1.82, 2.24) is 9.80 Å². The molecule has 2 aliphatic rings. The lowest BCUT2D eigenvalue weighted by molar-refractivity contribution is -0.138. The normalized spacial score (nSPS) is 17.2. The molecule has 2 aromatic rings. The fourth-order valence-corrected chi connectivity index (χ4v) is 5.27. The zero-order chi connectivity index (χ0) is 22.7. The van der Waals surface area contributed by atoms with Crippen LogP contribution in [0.15, 0.2) is 52.3 Å². The number of benzene rings is 2. The second-order valence-corrected chi connectivity index (χ2v) is 9.17. The Morgan fingerprint density at radius 1 is 0.906 bits per heavy atom. The van der Waals surface area contributed by atoms with E-state index in [1.807, 2.05) is 29.2 Å². The topological polar surface area (TPSA) is 47.0 Å². The number of carbonyl (C=O) groups is 1. The maximum Gasteiger partial charge on any atom is 0.416 e. The second-order valence-electron chi connectivity index (χ2n) is 8.08. The van der Waals surface area contributed by atoms with Gasteiger partial charge < -0.3 is 19.8 Å². The van der Waals surface area contributed by atoms with E-state index in [9.17, 15) is 18.0 Å². The Kier molecular flexibility index (Phi) is 6.97. The van der Waals surface area contributed by atoms with Crippen LogP contribution in [0.4, 0.5) is 24.5 Å². The molecule has 0 atom stereocenters. The van der Waals surface area contributed by atoms with Gasteiger partial charge in [-0.2, -0.15) is 13.2 Å². The van der Waals surface area contributed by atoms with Gasteiger partial charge in [-0.15, -0.1) is 0 Å². The highest BCUT2D eigenvalue weighted by atomic mass is 32.2. The highest BCUT2D eigenvalue weighted by Gasteiger charge is 2.33. The summed E-state index contributed by atoms with van der Waals surface area (Å²) in [5.41, 5.74) is 0.934. The van der Waals surface area contributed by atoms with Gasteiger partial charge >= 0.3 is 12.1 Å². The first-order chi connectivity index (χ1) is 15.3. The van der Waals surface area contributed by atoms with E-state index in [0.717, 1.165) is 60.7 Å². The van der Waals surface area contributed by atoms with Gasteiger partial charge in [0.05, 0.1) is 23.4 Å². The van der Waals surface area contributed by atoms with Gasteiger partial charge in [-0.3, -0.25) is 4.79 Å². The van der Waals surface area contributed by atoms with Gasteiger partial charge in [0, 0.05) is 49.1 Å². The molecule has 32 heavy (non-hydrogen) atoms. The SMILES string of the molecule is O=C(O)CCN1CCN(CCCN2c3ccccc3Sc3ccc(C(F)(F)F)cc32)CC1. The third-order valence-electron chi connectivity index (χ3n) is 5.92. The summed E-state index contributed by atoms with van der Waals surface area (Å²) >= 11 is 1.51. The number of rotatable bonds is 7. The summed E-state index contributed by atoms with van der Waals surface area (Å²) in [6, 6.07) is 11.8. The number of hydrogen-bond donors (Lipinski definition) is 1. The second kappa shape index (κ2) is 9.72. The lowest BCUT2D eigenvalue weighted by atomic mass is 10.1. The van der Waals surface area contributed by atoms with Crippen LogP contribution in [0.5, 0.6) is 0 Å². The number of halogens is 3. The van der Waals surface area contributed by atoms with Crippen molar-refractivity contribution in [2.24, 2.45) is 0 Å². The summed E-state index contributed by atoms with van der Waals surface area (Å²) in [6.07, 6.45) is -3.39. The Bertz CT molecular complexity index is 962. The average molecular weight is 466 g/mol. The van der Waals surface area contributed by atoms with Crippen molar-refractivity contribution in [3.63, 3.8) is 0 Å². The Balaban J connectivity index is 1.41. The molecule has 0 radical (unpaired) electrons. The number of piperazine rings is 1. The predicted octanol–water partition coefficient (Wildman–Crippen LogP) is 4.79. The van der Waals surface area contributed by atoms with Crippen LogP contribution in [-0.2, 0) is 11.0 Å². The summed E-state index contributed by atoms with van der Waals surface area (Å²) in [6.45, 7) is 5.49. The van der Waals surface area contributed by atoms with E-state index in [4.69, 9.17) is 5.11 Å². The van der Waals surface area contributed by atoms with Gasteiger partial charge in [0.2, 0.25) is 0 Å². The fraction of sp³-hybridized carbons (Fsp3) is 0.435. The smallest absolute Gasteiger partial charge is 0.416 e. The van der Waals surface area contributed by atoms with E-state index in [2.05, 4.69) is 9.80 Å². The molecule has 0 spiro atoms. The Morgan fingerprint density at radius 2 is 1.56 bits per heavy atom. The molecule has 0 amide bonds. The summed E-state index contributed by atoms with van der Waals surface area (Å²) < 4.78 is 40.0. The van der Waals surface area contributed by atoms with Gasteiger partial charge in [-0.1, -0.05) is 23.9 Å². The lowest BCUT2D eigenvalue weighted by Gasteiger charge is -2.36. The van der Waals surface area contributed by atoms with Crippen molar-refractivity contribution >= 4 is 29.1 Å². The molecule has 2 aliphatic heterocycles. The van der Waals surface area contributed by atoms with Crippen LogP contribution in [-0.4, -0.2) is 66.7 Å². The molecule has 0 bridgehead atoms. The standard InChI is InChI=1S/C23H26F3N3O2S/c24-23(25,26)17-6-7-21-19(16-17)29(18-4-1-2-5-20(18)32-21)10-3-9-27-12-14-28(15-13-27)11-8-22(30)31/h1-2,4-7,16H,3,8-15H2,(H,30,31). The minimum atomic E-state index is -4.37. The minimum absolute atomic E-state index is 0.158. The number of nitrogens with zero attached hydrogens (tertiary/aromatic N) is 3. The van der Waals surface area contributed by atoms with Crippen molar-refractivity contribution in [2.75, 3.05) is 50.7 Å². The number of para-hydroxylation sites is 1. The van der Waals surface area contributed by atoms with Crippen molar-refractivity contribution in [3.05, 3.63) is 48.0 Å². The van der Waals surface area contributed by atoms with Crippen molar-refractivity contribution in [3.8, 4) is 0 Å². The third-order valence-corrected chi connectivity index (χ3v) is 7.05. The molecule has 0 aliphatic carbocycles. The van der Waals surface area contributed by atoms with E-state index in [1.54, 1.807) is 6.07 Å². The van der Waals surface area contributed by atoms with Crippen LogP contribution in [0.3, 0.4) is 0 Å². The van der Waals surface area contributed by atoms with Gasteiger partial charge in [-0.05, 0) is 43.3 Å². The van der Waals surface area contributed by atoms with Crippen molar-refractivity contribution in [1.29, 1.82) is 0 Å². The molecule has 1 N–H and O–H groups in total. The Labute approximate surface area is 189 Å². The highest BCUT2D eigenvalue weighted by Crippen LogP contribution is 2.49. The summed E-state index contributed by atoms with van der Waals surface area (Å²) in [5.74, 6) is -0.777. The van der Waals surface area contributed by atoms with E-state index in [0.29, 0.717) is 18.8 Å². The summed E-state index contributed by atoms with van der Waals surface area (Å²) in [5, 5.41) is 8.83. The first-order valence-electron chi connectivity index (χ1n) is 10.7. The molecular weight excluding hydrogens is 439 g/mol. The van der Waals surface area contributed by atoms with E-state index in [-0.39, 0.29) is 6.42 Å². The van der Waals surface area contributed by atoms with Crippen LogP contribution in [0.2, 0.25) is 0 Å². The zero-order valence-electron chi connectivity index (χ0n) is 17.6. The van der Waals surface area contributed by atoms with E-state index < -0.39 is 17.7 Å². The highest BCUT2D eigenvalue weighted by molar-refractivity contribution is 7.99. The molecule has 2 aromatic carbocycles. The number of carboxylic acid groups (broad SMARTS) is 1. The zero-order valence-corrected chi connectivity index (χ0v) is 18.5. The van der Waals surface area contributed by atoms with Crippen LogP contribution in [0, 0.1) is 0 Å². The largest absolute Gasteiger partial charge is 0.481 e. The Hall–Kier alpha value is -2.23. The molecule has 172 valence electrons. The molecule has 0 unspecified atom stereocenters. The number of anilines is 2. The summed E-state index contributed by atoms with van der Waals surface area (Å²) in [4.78, 5) is 19.1. The lowest BCUT2D eigenvalue weighted by Crippen LogP contribution is -2.47. The van der Waals surface area contributed by atoms with Crippen molar-refractivity contribution in [2.45, 2.75) is 28.8 Å². The van der Waals surface area contributed by atoms with E-state index in [1.165, 1.54) is 17.8 Å². The van der Waals surface area contributed by atoms with Gasteiger partial charge in [0.1, 0.15) is 0 Å². The monoisotopic (exact) mass is 465 g/mol. The number of fused-ring (bicyclic) bond motifs is 2. The van der Waals surface area contributed by atoms with Crippen LogP contribution in [0.25, 0.3) is 0 Å². The number of carboxylic acids is 1. The fourth-order valence-electron chi connectivity index (χ4n) is 4.19. The minimum Gasteiger partial charge on any atom is -0.481 e. The average Bonchev–Trinajstić information content (AvgIpc) is 2.77. The maximum absolute atomic E-state index is 13.3. The van der Waals surface area contributed by atoms with Crippen molar-refractivity contribution < 1.29 is 23.1 Å². The first-order valence-corrected chi connectivity index (χ1v) is 11.5. The molecular formula is C23H26F3N3O2S. The molecule has 1 saturated heterocycles. The van der Waals surface area contributed by atoms with Gasteiger partial charge in [-0.25, -0.2) is 0 Å². The van der Waals surface area contributed by atoms with Gasteiger partial charge in [0.15, 0.2) is 0 Å². The molecule has 0 aromatic heterocycles. The number of hydrogen-bond acceptors (Lipinski definition) is 5. The van der Waals surface area contributed by atoms with E-state index >= 15 is 0 Å². The number of aliphatic carboxylic acids is 1. The van der Waals surface area contributed by atoms with Crippen LogP contribution >= 0.6 is 11.8 Å². The summed E-state index contributed by atoms with van der Waals surface area (Å²) in [7, 11) is 0. The first kappa shape index (κ1) is 22.9. The Morgan fingerprint density at radius 3 is 2.25 bits per heavy atom. The molecule has 1 fully saturated rings. The molecule has 5 nitrogen and oxygen atoms in total.